The van der Waals surface area contributed by atoms with Crippen molar-refractivity contribution in [1.82, 2.24) is 9.97 Å². The summed E-state index contributed by atoms with van der Waals surface area (Å²) in [6, 6.07) is 16.0. The van der Waals surface area contributed by atoms with Crippen LogP contribution in [0.15, 0.2) is 60.9 Å². The first-order chi connectivity index (χ1) is 15.5. The number of fused-ring (bicyclic) bond motifs is 2. The van der Waals surface area contributed by atoms with Gasteiger partial charge in [0.25, 0.3) is 0 Å². The minimum Gasteiger partial charge on any atom is -0.491 e. The Labute approximate surface area is 190 Å². The van der Waals surface area contributed by atoms with Gasteiger partial charge in [-0.1, -0.05) is 0 Å². The van der Waals surface area contributed by atoms with Crippen molar-refractivity contribution in [3.05, 3.63) is 72.1 Å². The molecular weight excluding hydrogens is 418 g/mol. The molecule has 0 unspecified atom stereocenters. The predicted octanol–water partition coefficient (Wildman–Crippen LogP) is 7.10. The summed E-state index contributed by atoms with van der Waals surface area (Å²) < 4.78 is 5.85. The van der Waals surface area contributed by atoms with Crippen LogP contribution in [0.25, 0.3) is 31.6 Å². The average molecular weight is 442 g/mol. The number of H-pyrrole nitrogens is 1. The van der Waals surface area contributed by atoms with Gasteiger partial charge in [0.15, 0.2) is 0 Å². The third-order valence-electron chi connectivity index (χ3n) is 5.43. The van der Waals surface area contributed by atoms with Crippen LogP contribution in [0, 0.1) is 6.92 Å². The Morgan fingerprint density at radius 3 is 2.75 bits per heavy atom. The molecule has 5 aromatic rings. The Balaban J connectivity index is 1.56. The zero-order valence-electron chi connectivity index (χ0n) is 18.1. The van der Waals surface area contributed by atoms with Crippen LogP contribution in [0.5, 0.6) is 5.75 Å². The Morgan fingerprint density at radius 1 is 1.06 bits per heavy atom. The summed E-state index contributed by atoms with van der Waals surface area (Å²) in [6.07, 6.45) is 4.67. The number of nitrogens with one attached hydrogen (secondary N) is 2. The molecule has 2 aromatic carbocycles. The Hall–Kier alpha value is -3.64. The van der Waals surface area contributed by atoms with Gasteiger partial charge in [-0.3, -0.25) is 4.79 Å². The van der Waals surface area contributed by atoms with Crippen LogP contribution in [-0.4, -0.2) is 22.4 Å². The number of carbonyl (C=O) groups is 1. The molecule has 0 spiro atoms. The van der Waals surface area contributed by atoms with E-state index in [9.17, 15) is 4.79 Å². The third kappa shape index (κ3) is 3.74. The molecule has 0 atom stereocenters. The molecule has 0 amide bonds. The predicted molar refractivity (Wildman–Crippen MR) is 133 cm³/mol. The largest absolute Gasteiger partial charge is 0.491 e. The summed E-state index contributed by atoms with van der Waals surface area (Å²) >= 11 is 1.60. The van der Waals surface area contributed by atoms with Gasteiger partial charge in [-0.25, -0.2) is 4.98 Å². The zero-order valence-corrected chi connectivity index (χ0v) is 18.9. The van der Waals surface area contributed by atoms with E-state index in [1.807, 2.05) is 44.4 Å². The number of aldehydes is 1. The van der Waals surface area contributed by atoms with Gasteiger partial charge < -0.3 is 15.0 Å². The zero-order chi connectivity index (χ0) is 22.2. The van der Waals surface area contributed by atoms with Crippen LogP contribution in [-0.2, 0) is 0 Å². The molecule has 3 aromatic heterocycles. The van der Waals surface area contributed by atoms with Crippen molar-refractivity contribution in [3.63, 3.8) is 0 Å². The number of aryl methyl sites for hydroxylation is 1. The fraction of sp³-hybridized carbons (Fsp3) is 0.154. The molecule has 0 saturated heterocycles. The van der Waals surface area contributed by atoms with Gasteiger partial charge in [-0.15, -0.1) is 11.3 Å². The van der Waals surface area contributed by atoms with Crippen LogP contribution >= 0.6 is 11.3 Å². The first-order valence-corrected chi connectivity index (χ1v) is 11.3. The maximum atomic E-state index is 11.5. The third-order valence-corrected chi connectivity index (χ3v) is 6.52. The highest BCUT2D eigenvalue weighted by Crippen LogP contribution is 2.39. The van der Waals surface area contributed by atoms with Gasteiger partial charge in [0.05, 0.1) is 11.8 Å². The van der Waals surface area contributed by atoms with Crippen LogP contribution in [0.3, 0.4) is 0 Å². The van der Waals surface area contributed by atoms with Crippen molar-refractivity contribution < 1.29 is 9.53 Å². The fourth-order valence-electron chi connectivity index (χ4n) is 3.93. The molecule has 0 saturated carbocycles. The van der Waals surface area contributed by atoms with Crippen LogP contribution in [0.1, 0.15) is 29.8 Å². The second kappa shape index (κ2) is 8.13. The molecule has 6 heteroatoms. The number of hydrogen-bond donors (Lipinski definition) is 2. The van der Waals surface area contributed by atoms with Crippen LogP contribution < -0.4 is 10.1 Å². The highest BCUT2D eigenvalue weighted by Gasteiger charge is 2.13. The van der Waals surface area contributed by atoms with E-state index in [-0.39, 0.29) is 6.10 Å². The van der Waals surface area contributed by atoms with E-state index < -0.39 is 0 Å². The Morgan fingerprint density at radius 2 is 1.94 bits per heavy atom. The molecule has 0 fully saturated rings. The maximum absolute atomic E-state index is 11.5. The summed E-state index contributed by atoms with van der Waals surface area (Å²) in [4.78, 5) is 21.3. The summed E-state index contributed by atoms with van der Waals surface area (Å²) in [5.41, 5.74) is 5.92. The van der Waals surface area contributed by atoms with Crippen molar-refractivity contribution in [2.24, 2.45) is 0 Å². The molecule has 0 radical (unpaired) electrons. The second-order valence-electron chi connectivity index (χ2n) is 8.07. The second-order valence-corrected chi connectivity index (χ2v) is 9.10. The molecular formula is C26H23N3O2S. The lowest BCUT2D eigenvalue weighted by molar-refractivity contribution is 0.112. The first kappa shape index (κ1) is 20.3. The van der Waals surface area contributed by atoms with Gasteiger partial charge in [0, 0.05) is 44.8 Å². The van der Waals surface area contributed by atoms with Crippen molar-refractivity contribution in [3.8, 4) is 16.2 Å². The van der Waals surface area contributed by atoms with Crippen LogP contribution in [0.2, 0.25) is 0 Å². The molecule has 5 rings (SSSR count). The number of benzene rings is 2. The molecule has 32 heavy (non-hydrogen) atoms. The summed E-state index contributed by atoms with van der Waals surface area (Å²) in [7, 11) is 0. The van der Waals surface area contributed by atoms with E-state index >= 15 is 0 Å². The number of nitrogens with zero attached hydrogens (tertiary/aromatic N) is 1. The normalized spacial score (nSPS) is 11.4. The molecule has 5 nitrogen and oxygen atoms in total. The molecule has 0 aliphatic carbocycles. The number of aromatic nitrogens is 2. The van der Waals surface area contributed by atoms with Crippen LogP contribution in [0.4, 0.5) is 11.4 Å². The monoisotopic (exact) mass is 441 g/mol. The number of hydrogen-bond acceptors (Lipinski definition) is 5. The summed E-state index contributed by atoms with van der Waals surface area (Å²) in [5, 5.41) is 5.84. The minimum atomic E-state index is 0.0326. The topological polar surface area (TPSA) is 67.0 Å². The number of aromatic amines is 1. The number of pyridine rings is 1. The van der Waals surface area contributed by atoms with Gasteiger partial charge in [-0.2, -0.15) is 0 Å². The minimum absolute atomic E-state index is 0.0326. The van der Waals surface area contributed by atoms with E-state index in [4.69, 9.17) is 4.74 Å². The van der Waals surface area contributed by atoms with E-state index in [2.05, 4.69) is 46.5 Å². The van der Waals surface area contributed by atoms with Crippen molar-refractivity contribution in [2.45, 2.75) is 26.9 Å². The molecule has 2 N–H and O–H groups in total. The van der Waals surface area contributed by atoms with Gasteiger partial charge in [-0.05, 0) is 80.4 Å². The first-order valence-electron chi connectivity index (χ1n) is 10.5. The number of anilines is 2. The summed E-state index contributed by atoms with van der Waals surface area (Å²) in [5.74, 6) is 0.693. The van der Waals surface area contributed by atoms with E-state index in [1.165, 1.54) is 10.9 Å². The van der Waals surface area contributed by atoms with Gasteiger partial charge in [0.1, 0.15) is 16.9 Å². The number of rotatable bonds is 6. The quantitative estimate of drug-likeness (QED) is 0.276. The molecule has 3 heterocycles. The van der Waals surface area contributed by atoms with Crippen molar-refractivity contribution in [2.75, 3.05) is 5.32 Å². The standard InChI is InChI=1S/C26H23N3O2S/c1-15(2)31-19-11-17(14-30)10-18(12-19)25-13-21-24(7-9-28-26(21)32-25)29-22-4-5-23-20(16(22)3)6-8-27-23/h4-15,27H,1-3H3,(H,28,29). The number of thiophene rings is 1. The van der Waals surface area contributed by atoms with Crippen molar-refractivity contribution in [1.29, 1.82) is 0 Å². The Bertz CT molecular complexity index is 1450. The Kier molecular flexibility index (Phi) is 5.15. The molecule has 0 aliphatic rings. The SMILES string of the molecule is Cc1c(Nc2ccnc3sc(-c4cc(C=O)cc(OC(C)C)c4)cc23)ccc2[nH]ccc12. The fourth-order valence-corrected chi connectivity index (χ4v) is 4.94. The number of ether oxygens (including phenoxy) is 1. The lowest BCUT2D eigenvalue weighted by Crippen LogP contribution is -2.05. The smallest absolute Gasteiger partial charge is 0.150 e. The lowest BCUT2D eigenvalue weighted by Gasteiger charge is -2.11. The van der Waals surface area contributed by atoms with E-state index in [0.717, 1.165) is 43.8 Å². The van der Waals surface area contributed by atoms with Gasteiger partial charge in [0.2, 0.25) is 0 Å². The van der Waals surface area contributed by atoms with Gasteiger partial charge >= 0.3 is 0 Å². The van der Waals surface area contributed by atoms with E-state index in [0.29, 0.717) is 11.3 Å². The lowest BCUT2D eigenvalue weighted by atomic mass is 10.1. The van der Waals surface area contributed by atoms with Crippen molar-refractivity contribution >= 4 is 50.1 Å². The highest BCUT2D eigenvalue weighted by atomic mass is 32.1. The summed E-state index contributed by atoms with van der Waals surface area (Å²) in [6.45, 7) is 6.07. The number of carbonyl (C=O) groups excluding carboxylic acids is 1. The molecule has 0 bridgehead atoms. The molecule has 160 valence electrons. The van der Waals surface area contributed by atoms with E-state index in [1.54, 1.807) is 17.4 Å². The maximum Gasteiger partial charge on any atom is 0.150 e. The molecule has 0 aliphatic heterocycles. The average Bonchev–Trinajstić information content (AvgIpc) is 3.43. The highest BCUT2D eigenvalue weighted by molar-refractivity contribution is 7.21.